The van der Waals surface area contributed by atoms with Crippen molar-refractivity contribution in [3.05, 3.63) is 34.3 Å². The highest BCUT2D eigenvalue weighted by Crippen LogP contribution is 2.18. The summed E-state index contributed by atoms with van der Waals surface area (Å²) in [4.78, 5) is 0. The van der Waals surface area contributed by atoms with Gasteiger partial charge in [0.2, 0.25) is 0 Å². The second-order valence-corrected chi connectivity index (χ2v) is 4.50. The third kappa shape index (κ3) is 4.61. The molecule has 0 saturated carbocycles. The van der Waals surface area contributed by atoms with E-state index in [9.17, 15) is 0 Å². The molecule has 3 N–H and O–H groups in total. The molecule has 0 aliphatic rings. The van der Waals surface area contributed by atoms with Crippen molar-refractivity contribution in [2.75, 3.05) is 13.2 Å². The van der Waals surface area contributed by atoms with Crippen molar-refractivity contribution < 1.29 is 4.74 Å². The van der Waals surface area contributed by atoms with Crippen LogP contribution in [0, 0.1) is 0 Å². The summed E-state index contributed by atoms with van der Waals surface area (Å²) in [7, 11) is 0. The van der Waals surface area contributed by atoms with Gasteiger partial charge in [0.05, 0.1) is 0 Å². The molecule has 0 aromatic heterocycles. The Kier molecular flexibility index (Phi) is 6.64. The lowest BCUT2D eigenvalue weighted by atomic mass is 10.0. The molecule has 0 radical (unpaired) electrons. The summed E-state index contributed by atoms with van der Waals surface area (Å²) in [5.41, 5.74) is 4.10. The summed E-state index contributed by atoms with van der Waals surface area (Å²) in [5, 5.41) is 0. The normalized spacial score (nSPS) is 12.7. The lowest BCUT2D eigenvalue weighted by Gasteiger charge is -2.16. The molecule has 0 bridgehead atoms. The van der Waals surface area contributed by atoms with Crippen LogP contribution in [0.25, 0.3) is 0 Å². The Morgan fingerprint density at radius 3 is 2.81 bits per heavy atom. The number of benzene rings is 1. The van der Waals surface area contributed by atoms with Crippen molar-refractivity contribution in [3.8, 4) is 0 Å². The Balaban J connectivity index is 2.46. The van der Waals surface area contributed by atoms with Crippen molar-refractivity contribution >= 4 is 15.9 Å². The fourth-order valence-corrected chi connectivity index (χ4v) is 1.99. The fourth-order valence-electron chi connectivity index (χ4n) is 1.54. The lowest BCUT2D eigenvalue weighted by molar-refractivity contribution is 0.136. The van der Waals surface area contributed by atoms with Crippen LogP contribution in [0.15, 0.2) is 28.7 Å². The first kappa shape index (κ1) is 13.6. The molecule has 1 rings (SSSR count). The second kappa shape index (κ2) is 7.79. The van der Waals surface area contributed by atoms with E-state index in [2.05, 4.69) is 27.4 Å². The molecule has 0 heterocycles. The molecule has 0 saturated heterocycles. The fraction of sp³-hybridized carbons (Fsp3) is 0.500. The number of ether oxygens (including phenoxy) is 1. The van der Waals surface area contributed by atoms with E-state index in [0.29, 0.717) is 0 Å². The first-order valence-electron chi connectivity index (χ1n) is 5.55. The minimum atomic E-state index is 0.255. The molecule has 16 heavy (non-hydrogen) atoms. The van der Waals surface area contributed by atoms with Gasteiger partial charge >= 0.3 is 0 Å². The summed E-state index contributed by atoms with van der Waals surface area (Å²) < 4.78 is 6.46. The van der Waals surface area contributed by atoms with Gasteiger partial charge in [0.25, 0.3) is 0 Å². The molecule has 0 amide bonds. The minimum absolute atomic E-state index is 0.255. The molecule has 0 aliphatic carbocycles. The van der Waals surface area contributed by atoms with E-state index in [0.717, 1.165) is 30.5 Å². The zero-order chi connectivity index (χ0) is 11.8. The highest BCUT2D eigenvalue weighted by molar-refractivity contribution is 9.10. The molecule has 1 aromatic rings. The van der Waals surface area contributed by atoms with Crippen molar-refractivity contribution in [3.63, 3.8) is 0 Å². The second-order valence-electron chi connectivity index (χ2n) is 3.64. The summed E-state index contributed by atoms with van der Waals surface area (Å²) in [6.07, 6.45) is 1.83. The molecule has 1 aromatic carbocycles. The van der Waals surface area contributed by atoms with Gasteiger partial charge in [-0.3, -0.25) is 11.3 Å². The van der Waals surface area contributed by atoms with Crippen molar-refractivity contribution in [2.24, 2.45) is 5.84 Å². The molecule has 4 heteroatoms. The van der Waals surface area contributed by atoms with Crippen LogP contribution in [0.2, 0.25) is 0 Å². The van der Waals surface area contributed by atoms with E-state index in [4.69, 9.17) is 10.6 Å². The lowest BCUT2D eigenvalue weighted by Crippen LogP contribution is -2.37. The third-order valence-corrected chi connectivity index (χ3v) is 3.25. The van der Waals surface area contributed by atoms with E-state index in [1.165, 1.54) is 5.56 Å². The van der Waals surface area contributed by atoms with E-state index < -0.39 is 0 Å². The zero-order valence-corrected chi connectivity index (χ0v) is 11.2. The predicted octanol–water partition coefficient (Wildman–Crippen LogP) is 2.25. The molecule has 0 fully saturated rings. The number of hydrogen-bond donors (Lipinski definition) is 2. The van der Waals surface area contributed by atoms with Gasteiger partial charge < -0.3 is 4.74 Å². The van der Waals surface area contributed by atoms with E-state index in [1.54, 1.807) is 0 Å². The zero-order valence-electron chi connectivity index (χ0n) is 9.58. The van der Waals surface area contributed by atoms with Crippen LogP contribution in [0.3, 0.4) is 0 Å². The van der Waals surface area contributed by atoms with Crippen LogP contribution in [0.1, 0.15) is 18.9 Å². The average Bonchev–Trinajstić information content (AvgIpc) is 2.30. The Morgan fingerprint density at radius 1 is 1.44 bits per heavy atom. The average molecular weight is 287 g/mol. The standard InChI is InChI=1S/C12H19BrN2O/c1-2-16-8-7-11(15-14)9-10-5-3-4-6-12(10)13/h3-6,11,15H,2,7-9,14H2,1H3. The van der Waals surface area contributed by atoms with Crippen molar-refractivity contribution in [2.45, 2.75) is 25.8 Å². The van der Waals surface area contributed by atoms with Crippen molar-refractivity contribution in [1.29, 1.82) is 0 Å². The molecular weight excluding hydrogens is 268 g/mol. The Hall–Kier alpha value is -0.420. The number of rotatable bonds is 7. The van der Waals surface area contributed by atoms with E-state index in [1.807, 2.05) is 25.1 Å². The van der Waals surface area contributed by atoms with Crippen molar-refractivity contribution in [1.82, 2.24) is 5.43 Å². The number of nitrogens with one attached hydrogen (secondary N) is 1. The molecular formula is C12H19BrN2O. The highest BCUT2D eigenvalue weighted by atomic mass is 79.9. The maximum Gasteiger partial charge on any atom is 0.0481 e. The van der Waals surface area contributed by atoms with Gasteiger partial charge in [-0.15, -0.1) is 0 Å². The van der Waals surface area contributed by atoms with Gasteiger partial charge in [-0.05, 0) is 31.4 Å². The molecule has 1 unspecified atom stereocenters. The summed E-state index contributed by atoms with van der Waals surface area (Å²) in [6, 6.07) is 8.46. The highest BCUT2D eigenvalue weighted by Gasteiger charge is 2.09. The van der Waals surface area contributed by atoms with Crippen LogP contribution in [-0.2, 0) is 11.2 Å². The van der Waals surface area contributed by atoms with Gasteiger partial charge in [-0.25, -0.2) is 0 Å². The van der Waals surface area contributed by atoms with Gasteiger partial charge in [0.1, 0.15) is 0 Å². The Bertz CT molecular complexity index is 307. The molecule has 0 spiro atoms. The maximum atomic E-state index is 5.53. The first-order valence-corrected chi connectivity index (χ1v) is 6.34. The number of nitrogens with two attached hydrogens (primary N) is 1. The van der Waals surface area contributed by atoms with Gasteiger partial charge in [0, 0.05) is 23.7 Å². The van der Waals surface area contributed by atoms with Crippen LogP contribution >= 0.6 is 15.9 Å². The number of hydrazine groups is 1. The molecule has 0 aliphatic heterocycles. The molecule has 1 atom stereocenters. The Labute approximate surface area is 105 Å². The first-order chi connectivity index (χ1) is 7.77. The van der Waals surface area contributed by atoms with Gasteiger partial charge in [0.15, 0.2) is 0 Å². The molecule has 3 nitrogen and oxygen atoms in total. The monoisotopic (exact) mass is 286 g/mol. The quantitative estimate of drug-likeness (QED) is 0.459. The number of hydrogen-bond acceptors (Lipinski definition) is 3. The summed E-state index contributed by atoms with van der Waals surface area (Å²) in [5.74, 6) is 5.53. The number of halogens is 1. The van der Waals surface area contributed by atoms with Gasteiger partial charge in [-0.1, -0.05) is 34.1 Å². The summed E-state index contributed by atoms with van der Waals surface area (Å²) in [6.45, 7) is 3.50. The maximum absolute atomic E-state index is 5.53. The summed E-state index contributed by atoms with van der Waals surface area (Å²) >= 11 is 3.54. The molecule has 90 valence electrons. The largest absolute Gasteiger partial charge is 0.382 e. The van der Waals surface area contributed by atoms with E-state index in [-0.39, 0.29) is 6.04 Å². The smallest absolute Gasteiger partial charge is 0.0481 e. The topological polar surface area (TPSA) is 47.3 Å². The SMILES string of the molecule is CCOCCC(Cc1ccccc1Br)NN. The van der Waals surface area contributed by atoms with Crippen LogP contribution in [0.5, 0.6) is 0 Å². The van der Waals surface area contributed by atoms with Crippen LogP contribution < -0.4 is 11.3 Å². The Morgan fingerprint density at radius 2 is 2.19 bits per heavy atom. The van der Waals surface area contributed by atoms with Gasteiger partial charge in [-0.2, -0.15) is 0 Å². The van der Waals surface area contributed by atoms with Crippen LogP contribution in [0.4, 0.5) is 0 Å². The van der Waals surface area contributed by atoms with Crippen LogP contribution in [-0.4, -0.2) is 19.3 Å². The third-order valence-electron chi connectivity index (χ3n) is 2.47. The minimum Gasteiger partial charge on any atom is -0.382 e. The predicted molar refractivity (Wildman–Crippen MR) is 70.1 cm³/mol. The van der Waals surface area contributed by atoms with E-state index >= 15 is 0 Å².